The van der Waals surface area contributed by atoms with Crippen molar-refractivity contribution < 1.29 is 49.7 Å². The van der Waals surface area contributed by atoms with Crippen LogP contribution in [0.5, 0.6) is 0 Å². The van der Waals surface area contributed by atoms with Crippen molar-refractivity contribution >= 4 is 27.7 Å². The largest absolute Gasteiger partial charge is 0.394 e. The molecule has 8 N–H and O–H groups in total. The van der Waals surface area contributed by atoms with Gasteiger partial charge in [-0.25, -0.2) is 0 Å². The second-order valence-corrected chi connectivity index (χ2v) is 11.9. The molecule has 0 aromatic rings. The van der Waals surface area contributed by atoms with E-state index < -0.39 is 55.6 Å². The fourth-order valence-electron chi connectivity index (χ4n) is 4.76. The predicted molar refractivity (Wildman–Crippen MR) is 161 cm³/mol. The highest BCUT2D eigenvalue weighted by Gasteiger charge is 2.44. The number of ether oxygens (including phenoxy) is 2. The number of rotatable bonds is 24. The van der Waals surface area contributed by atoms with Crippen LogP contribution >= 0.6 is 15.9 Å². The molecule has 0 radical (unpaired) electrons. The third kappa shape index (κ3) is 15.7. The third-order valence-corrected chi connectivity index (χ3v) is 8.11. The van der Waals surface area contributed by atoms with Gasteiger partial charge >= 0.3 is 0 Å². The van der Waals surface area contributed by atoms with Gasteiger partial charge in [0.15, 0.2) is 6.29 Å². The highest BCUT2D eigenvalue weighted by Crippen LogP contribution is 2.22. The van der Waals surface area contributed by atoms with Crippen molar-refractivity contribution in [2.45, 2.75) is 146 Å². The fourth-order valence-corrected chi connectivity index (χ4v) is 5.16. The van der Waals surface area contributed by atoms with Gasteiger partial charge in [-0.3, -0.25) is 9.59 Å². The number of unbranched alkanes of at least 4 members (excludes halogenated alkanes) is 9. The Balaban J connectivity index is 2.27. The Morgan fingerprint density at radius 2 is 1.40 bits per heavy atom. The Hall–Kier alpha value is -0.900. The normalized spacial score (nSPS) is 24.6. The van der Waals surface area contributed by atoms with Crippen molar-refractivity contribution in [3.05, 3.63) is 0 Å². The molecule has 0 aromatic heterocycles. The molecule has 1 rings (SSSR count). The minimum atomic E-state index is -1.62. The van der Waals surface area contributed by atoms with Crippen LogP contribution < -0.4 is 10.6 Å². The maximum Gasteiger partial charge on any atom is 0.220 e. The number of carbonyl (C=O) groups excluding carboxylic acids is 2. The number of aliphatic hydroxyl groups is 6. The Morgan fingerprint density at radius 3 is 2.00 bits per heavy atom. The summed E-state index contributed by atoms with van der Waals surface area (Å²) in [5.74, 6) is -0.208. The molecular weight excluding hydrogens is 616 g/mol. The van der Waals surface area contributed by atoms with Gasteiger partial charge in [-0.15, -0.1) is 0 Å². The van der Waals surface area contributed by atoms with Crippen molar-refractivity contribution in [1.29, 1.82) is 0 Å². The first-order valence-corrected chi connectivity index (χ1v) is 16.7. The van der Waals surface area contributed by atoms with Crippen molar-refractivity contribution in [2.24, 2.45) is 0 Å². The van der Waals surface area contributed by atoms with E-state index in [1.54, 1.807) is 6.92 Å². The maximum absolute atomic E-state index is 12.6. The number of halogens is 1. The van der Waals surface area contributed by atoms with Crippen LogP contribution in [0.1, 0.15) is 96.8 Å². The summed E-state index contributed by atoms with van der Waals surface area (Å²) in [7, 11) is 0. The summed E-state index contributed by atoms with van der Waals surface area (Å²) in [6, 6.07) is -1.02. The lowest BCUT2D eigenvalue weighted by Crippen LogP contribution is -2.60. The van der Waals surface area contributed by atoms with Gasteiger partial charge in [0.2, 0.25) is 11.8 Å². The van der Waals surface area contributed by atoms with Gasteiger partial charge in [-0.05, 0) is 32.1 Å². The molecule has 42 heavy (non-hydrogen) atoms. The Bertz CT molecular complexity index is 720. The highest BCUT2D eigenvalue weighted by atomic mass is 79.9. The predicted octanol–water partition coefficient (Wildman–Crippen LogP) is 1.00. The highest BCUT2D eigenvalue weighted by molar-refractivity contribution is 9.09. The number of hydrogen-bond acceptors (Lipinski definition) is 10. The lowest BCUT2D eigenvalue weighted by atomic mass is 9.99. The summed E-state index contributed by atoms with van der Waals surface area (Å²) >= 11 is 3.42. The van der Waals surface area contributed by atoms with E-state index in [-0.39, 0.29) is 31.3 Å². The van der Waals surface area contributed by atoms with Crippen molar-refractivity contribution in [2.75, 3.05) is 25.1 Å². The van der Waals surface area contributed by atoms with Gasteiger partial charge in [0.05, 0.1) is 25.4 Å². The summed E-state index contributed by atoms with van der Waals surface area (Å²) in [6.45, 7) is 1.40. The van der Waals surface area contributed by atoms with E-state index >= 15 is 0 Å². The zero-order valence-corrected chi connectivity index (χ0v) is 26.6. The van der Waals surface area contributed by atoms with Crippen molar-refractivity contribution in [1.82, 2.24) is 10.6 Å². The molecule has 1 fully saturated rings. The molecule has 1 heterocycles. The van der Waals surface area contributed by atoms with Gasteiger partial charge < -0.3 is 50.7 Å². The molecule has 0 saturated carbocycles. The lowest BCUT2D eigenvalue weighted by Gasteiger charge is -2.40. The smallest absolute Gasteiger partial charge is 0.220 e. The molecule has 13 heteroatoms. The second kappa shape index (κ2) is 23.5. The molecule has 12 nitrogen and oxygen atoms in total. The summed E-state index contributed by atoms with van der Waals surface area (Å²) in [4.78, 5) is 24.5. The van der Waals surface area contributed by atoms with Crippen LogP contribution in [-0.2, 0) is 19.1 Å². The summed E-state index contributed by atoms with van der Waals surface area (Å²) in [5, 5.41) is 66.7. The van der Waals surface area contributed by atoms with Crippen LogP contribution in [0, 0.1) is 0 Å². The van der Waals surface area contributed by atoms with E-state index in [9.17, 15) is 40.2 Å². The van der Waals surface area contributed by atoms with Crippen molar-refractivity contribution in [3.63, 3.8) is 0 Å². The molecule has 2 amide bonds. The van der Waals surface area contributed by atoms with Crippen LogP contribution in [0.15, 0.2) is 0 Å². The zero-order valence-electron chi connectivity index (χ0n) is 25.0. The molecule has 0 spiro atoms. The molecule has 8 atom stereocenters. The first-order chi connectivity index (χ1) is 20.2. The molecule has 248 valence electrons. The molecule has 0 aliphatic carbocycles. The van der Waals surface area contributed by atoms with E-state index in [1.165, 1.54) is 19.3 Å². The number of hydrogen-bond donors (Lipinski definition) is 8. The quantitative estimate of drug-likeness (QED) is 0.0542. The summed E-state index contributed by atoms with van der Waals surface area (Å²) in [5.41, 5.74) is 0. The van der Waals surface area contributed by atoms with Gasteiger partial charge in [0.1, 0.15) is 30.5 Å². The van der Waals surface area contributed by atoms with Crippen molar-refractivity contribution in [3.8, 4) is 0 Å². The number of carbonyl (C=O) groups is 2. The SMILES string of the molecule is CC[C@@H](O)[C@@H](O)[C@H](CO[C@H]1OC(CO)[C@H](O)[C@H](O)C1O)NC(=O)CCCCCCCCNC(=O)CCCCCCCBr. The fraction of sp³-hybridized carbons (Fsp3) is 0.931. The molecule has 0 aromatic carbocycles. The first-order valence-electron chi connectivity index (χ1n) is 15.6. The minimum Gasteiger partial charge on any atom is -0.394 e. The topological polar surface area (TPSA) is 198 Å². The molecule has 1 aliphatic rings. The van der Waals surface area contributed by atoms with E-state index in [0.29, 0.717) is 19.4 Å². The van der Waals surface area contributed by atoms with E-state index in [1.807, 2.05) is 0 Å². The standard InChI is InChI=1S/C29H55BrN2O10/c1-2-21(34)25(37)20(19-41-29-28(40)27(39)26(38)22(18-33)42-29)32-24(36)15-11-6-3-4-9-13-17-31-23(35)14-10-7-5-8-12-16-30/h20-22,25-29,33-34,37-40H,2-19H2,1H3,(H,31,35)(H,32,36)/t20-,21+,22?,25-,26-,27-,28?,29-/m0/s1. The summed E-state index contributed by atoms with van der Waals surface area (Å²) < 4.78 is 10.8. The number of amides is 2. The minimum absolute atomic E-state index is 0.120. The average Bonchev–Trinajstić information content (AvgIpc) is 2.98. The molecule has 2 unspecified atom stereocenters. The zero-order chi connectivity index (χ0) is 31.3. The maximum atomic E-state index is 12.6. The molecule has 0 bridgehead atoms. The lowest BCUT2D eigenvalue weighted by molar-refractivity contribution is -0.303. The van der Waals surface area contributed by atoms with Crippen LogP contribution in [0.3, 0.4) is 0 Å². The number of alkyl halides is 1. The van der Waals surface area contributed by atoms with Gasteiger partial charge in [0.25, 0.3) is 0 Å². The molecular formula is C29H55BrN2O10. The van der Waals surface area contributed by atoms with E-state index in [4.69, 9.17) is 9.47 Å². The average molecular weight is 672 g/mol. The third-order valence-electron chi connectivity index (χ3n) is 7.55. The molecule has 1 aliphatic heterocycles. The first kappa shape index (κ1) is 39.1. The van der Waals surface area contributed by atoms with Crippen LogP contribution in [-0.4, -0.2) is 116 Å². The Labute approximate surface area is 258 Å². The summed E-state index contributed by atoms with van der Waals surface area (Å²) in [6.07, 6.45) is 2.17. The number of aliphatic hydroxyl groups excluding tert-OH is 6. The van der Waals surface area contributed by atoms with Gasteiger partial charge in [0, 0.05) is 24.7 Å². The van der Waals surface area contributed by atoms with Crippen LogP contribution in [0.2, 0.25) is 0 Å². The monoisotopic (exact) mass is 670 g/mol. The van der Waals surface area contributed by atoms with E-state index in [0.717, 1.165) is 50.3 Å². The second-order valence-electron chi connectivity index (χ2n) is 11.1. The van der Waals surface area contributed by atoms with Crippen LogP contribution in [0.4, 0.5) is 0 Å². The molecule has 1 saturated heterocycles. The number of nitrogens with one attached hydrogen (secondary N) is 2. The van der Waals surface area contributed by atoms with Crippen LogP contribution in [0.25, 0.3) is 0 Å². The van der Waals surface area contributed by atoms with E-state index in [2.05, 4.69) is 26.6 Å². The van der Waals surface area contributed by atoms with Gasteiger partial charge in [-0.1, -0.05) is 67.8 Å². The Kier molecular flexibility index (Phi) is 21.9. The Morgan fingerprint density at radius 1 is 0.833 bits per heavy atom. The van der Waals surface area contributed by atoms with Gasteiger partial charge in [-0.2, -0.15) is 0 Å².